The maximum absolute atomic E-state index is 10.5. The van der Waals surface area contributed by atoms with Crippen LogP contribution in [0.1, 0.15) is 6.42 Å². The first-order valence-electron chi connectivity index (χ1n) is 2.60. The van der Waals surface area contributed by atoms with Crippen molar-refractivity contribution in [2.24, 2.45) is 11.8 Å². The van der Waals surface area contributed by atoms with Crippen LogP contribution in [0.5, 0.6) is 0 Å². The number of rotatable bonds is 0. The van der Waals surface area contributed by atoms with E-state index in [2.05, 4.69) is 0 Å². The summed E-state index contributed by atoms with van der Waals surface area (Å²) >= 11 is 0. The lowest BCUT2D eigenvalue weighted by Crippen LogP contribution is -1.89. The number of ketones is 1. The lowest BCUT2D eigenvalue weighted by Gasteiger charge is -1.74. The van der Waals surface area contributed by atoms with Gasteiger partial charge in [-0.1, -0.05) is 6.08 Å². The minimum absolute atomic E-state index is 0.352. The highest BCUT2D eigenvalue weighted by Gasteiger charge is 2.43. The second kappa shape index (κ2) is 0.808. The molecule has 1 fully saturated rings. The molecular formula is C6H6O. The molecule has 1 nitrogen and oxygen atoms in total. The van der Waals surface area contributed by atoms with E-state index in [1.165, 1.54) is 0 Å². The van der Waals surface area contributed by atoms with Gasteiger partial charge >= 0.3 is 0 Å². The molecule has 0 bridgehead atoms. The summed E-state index contributed by atoms with van der Waals surface area (Å²) in [6.45, 7) is 0. The number of carbonyl (C=O) groups excluding carboxylic acids is 1. The normalized spacial score (nSPS) is 44.3. The van der Waals surface area contributed by atoms with Gasteiger partial charge in [0.15, 0.2) is 5.78 Å². The van der Waals surface area contributed by atoms with Crippen molar-refractivity contribution in [1.29, 1.82) is 0 Å². The molecule has 0 aromatic heterocycles. The van der Waals surface area contributed by atoms with E-state index in [4.69, 9.17) is 0 Å². The maximum atomic E-state index is 10.5. The summed E-state index contributed by atoms with van der Waals surface area (Å²) in [5.74, 6) is 1.44. The van der Waals surface area contributed by atoms with Crippen molar-refractivity contribution in [2.75, 3.05) is 0 Å². The lowest BCUT2D eigenvalue weighted by molar-refractivity contribution is -0.115. The van der Waals surface area contributed by atoms with Crippen LogP contribution in [-0.2, 0) is 4.79 Å². The molecule has 0 spiro atoms. The topological polar surface area (TPSA) is 17.1 Å². The zero-order valence-corrected chi connectivity index (χ0v) is 3.92. The van der Waals surface area contributed by atoms with E-state index in [1.54, 1.807) is 6.08 Å². The second-order valence-corrected chi connectivity index (χ2v) is 2.27. The van der Waals surface area contributed by atoms with Crippen LogP contribution >= 0.6 is 0 Å². The third kappa shape index (κ3) is 0.303. The third-order valence-corrected chi connectivity index (χ3v) is 1.71. The molecule has 0 aromatic carbocycles. The van der Waals surface area contributed by atoms with Crippen LogP contribution in [0.15, 0.2) is 12.2 Å². The molecular weight excluding hydrogens is 88.1 g/mol. The molecule has 0 aliphatic heterocycles. The van der Waals surface area contributed by atoms with Crippen molar-refractivity contribution in [2.45, 2.75) is 6.42 Å². The quantitative estimate of drug-likeness (QED) is 0.433. The Morgan fingerprint density at radius 2 is 2.57 bits per heavy atom. The Balaban J connectivity index is 2.37. The molecule has 1 heteroatoms. The van der Waals surface area contributed by atoms with Gasteiger partial charge < -0.3 is 0 Å². The molecule has 36 valence electrons. The minimum atomic E-state index is 0.352. The molecule has 0 radical (unpaired) electrons. The van der Waals surface area contributed by atoms with Crippen molar-refractivity contribution >= 4 is 5.78 Å². The van der Waals surface area contributed by atoms with E-state index in [9.17, 15) is 4.79 Å². The van der Waals surface area contributed by atoms with Crippen LogP contribution in [0.25, 0.3) is 0 Å². The Hall–Kier alpha value is -0.590. The first-order valence-corrected chi connectivity index (χ1v) is 2.60. The highest BCUT2D eigenvalue weighted by atomic mass is 16.1. The minimum Gasteiger partial charge on any atom is -0.295 e. The van der Waals surface area contributed by atoms with E-state index in [1.807, 2.05) is 6.08 Å². The highest BCUT2D eigenvalue weighted by Crippen LogP contribution is 2.44. The first-order chi connectivity index (χ1) is 3.38. The van der Waals surface area contributed by atoms with Crippen molar-refractivity contribution < 1.29 is 4.79 Å². The number of allylic oxidation sites excluding steroid dienone is 2. The monoisotopic (exact) mass is 94.0 g/mol. The van der Waals surface area contributed by atoms with Gasteiger partial charge in [0.05, 0.1) is 0 Å². The van der Waals surface area contributed by atoms with E-state index in [0.29, 0.717) is 17.6 Å². The van der Waals surface area contributed by atoms with Crippen molar-refractivity contribution in [3.05, 3.63) is 12.2 Å². The van der Waals surface area contributed by atoms with Gasteiger partial charge in [-0.3, -0.25) is 4.79 Å². The Bertz CT molecular complexity index is 146. The van der Waals surface area contributed by atoms with Crippen LogP contribution in [0, 0.1) is 11.8 Å². The van der Waals surface area contributed by atoms with Gasteiger partial charge in [-0.15, -0.1) is 0 Å². The standard InChI is InChI=1S/C6H6O/c7-6-2-1-4-3-5(4)6/h1-2,4-5H,3H2. The summed E-state index contributed by atoms with van der Waals surface area (Å²) in [5.41, 5.74) is 0. The smallest absolute Gasteiger partial charge is 0.159 e. The van der Waals surface area contributed by atoms with Gasteiger partial charge in [-0.2, -0.15) is 0 Å². The van der Waals surface area contributed by atoms with Gasteiger partial charge in [0.1, 0.15) is 0 Å². The Morgan fingerprint density at radius 3 is 2.71 bits per heavy atom. The molecule has 2 atom stereocenters. The fraction of sp³-hybridized carbons (Fsp3) is 0.500. The highest BCUT2D eigenvalue weighted by molar-refractivity contribution is 5.97. The van der Waals surface area contributed by atoms with Gasteiger partial charge in [0.2, 0.25) is 0 Å². The number of carbonyl (C=O) groups is 1. The summed E-state index contributed by atoms with van der Waals surface area (Å²) in [7, 11) is 0. The molecule has 7 heavy (non-hydrogen) atoms. The average molecular weight is 94.1 g/mol. The van der Waals surface area contributed by atoms with Crippen molar-refractivity contribution in [3.8, 4) is 0 Å². The van der Waals surface area contributed by atoms with Crippen molar-refractivity contribution in [3.63, 3.8) is 0 Å². The summed E-state index contributed by atoms with van der Waals surface area (Å²) in [5, 5.41) is 0. The molecule has 0 heterocycles. The molecule has 0 N–H and O–H groups in total. The molecule has 0 amide bonds. The SMILES string of the molecule is O=C1C=CC2CC12. The molecule has 2 rings (SSSR count). The molecule has 1 saturated carbocycles. The first kappa shape index (κ1) is 3.42. The predicted octanol–water partition coefficient (Wildman–Crippen LogP) is 0.761. The van der Waals surface area contributed by atoms with Crippen LogP contribution in [-0.4, -0.2) is 5.78 Å². The van der Waals surface area contributed by atoms with E-state index in [0.717, 1.165) is 6.42 Å². The van der Waals surface area contributed by atoms with E-state index < -0.39 is 0 Å². The van der Waals surface area contributed by atoms with Gasteiger partial charge in [0, 0.05) is 5.92 Å². The zero-order chi connectivity index (χ0) is 4.85. The number of fused-ring (bicyclic) bond motifs is 1. The predicted molar refractivity (Wildman–Crippen MR) is 25.7 cm³/mol. The summed E-state index contributed by atoms with van der Waals surface area (Å²) < 4.78 is 0. The fourth-order valence-electron chi connectivity index (χ4n) is 1.10. The van der Waals surface area contributed by atoms with E-state index in [-0.39, 0.29) is 0 Å². The molecule has 0 aromatic rings. The molecule has 2 unspecified atom stereocenters. The van der Waals surface area contributed by atoms with Gasteiger partial charge in [-0.25, -0.2) is 0 Å². The lowest BCUT2D eigenvalue weighted by atomic mass is 10.3. The van der Waals surface area contributed by atoms with Crippen LogP contribution in [0.4, 0.5) is 0 Å². The average Bonchev–Trinajstić information content (AvgIpc) is 2.33. The molecule has 0 saturated heterocycles. The Labute approximate surface area is 42.0 Å². The number of hydrogen-bond acceptors (Lipinski definition) is 1. The Kier molecular flexibility index (Phi) is 0.394. The summed E-state index contributed by atoms with van der Waals surface area (Å²) in [6.07, 6.45) is 4.86. The van der Waals surface area contributed by atoms with Crippen LogP contribution < -0.4 is 0 Å². The molecule has 2 aliphatic carbocycles. The van der Waals surface area contributed by atoms with Crippen LogP contribution in [0.2, 0.25) is 0 Å². The Morgan fingerprint density at radius 1 is 1.71 bits per heavy atom. The fourth-order valence-corrected chi connectivity index (χ4v) is 1.10. The third-order valence-electron chi connectivity index (χ3n) is 1.71. The zero-order valence-electron chi connectivity index (χ0n) is 3.92. The van der Waals surface area contributed by atoms with Gasteiger partial charge in [0.25, 0.3) is 0 Å². The second-order valence-electron chi connectivity index (χ2n) is 2.27. The summed E-state index contributed by atoms with van der Waals surface area (Å²) in [4.78, 5) is 10.5. The van der Waals surface area contributed by atoms with Crippen LogP contribution in [0.3, 0.4) is 0 Å². The van der Waals surface area contributed by atoms with Crippen molar-refractivity contribution in [1.82, 2.24) is 0 Å². The number of hydrogen-bond donors (Lipinski definition) is 0. The molecule has 2 aliphatic rings. The maximum Gasteiger partial charge on any atom is 0.159 e. The van der Waals surface area contributed by atoms with Gasteiger partial charge in [-0.05, 0) is 18.4 Å². The van der Waals surface area contributed by atoms with E-state index >= 15 is 0 Å². The summed E-state index contributed by atoms with van der Waals surface area (Å²) in [6, 6.07) is 0. The largest absolute Gasteiger partial charge is 0.295 e.